The molecule has 0 aromatic carbocycles. The molecule has 1 fully saturated rings. The number of unbranched alkanes of at least 4 members (excludes halogenated alkanes) is 4. The highest BCUT2D eigenvalue weighted by Crippen LogP contribution is 2.07. The molecule has 106 valence electrons. The van der Waals surface area contributed by atoms with Crippen molar-refractivity contribution in [3.8, 4) is 0 Å². The van der Waals surface area contributed by atoms with Gasteiger partial charge in [0.1, 0.15) is 0 Å². The second-order valence-electron chi connectivity index (χ2n) is 5.28. The van der Waals surface area contributed by atoms with Crippen molar-refractivity contribution in [3.63, 3.8) is 0 Å². The molecule has 0 aromatic rings. The van der Waals surface area contributed by atoms with Crippen LogP contribution in [0.2, 0.25) is 0 Å². The molecule has 1 aliphatic heterocycles. The minimum absolute atomic E-state index is 0.199. The zero-order chi connectivity index (χ0) is 13.2. The van der Waals surface area contributed by atoms with Crippen LogP contribution in [0.15, 0.2) is 0 Å². The summed E-state index contributed by atoms with van der Waals surface area (Å²) in [5.41, 5.74) is 0. The Kier molecular flexibility index (Phi) is 8.01. The molecular formula is C14H28N2O2. The molecule has 1 aliphatic rings. The third-order valence-electron chi connectivity index (χ3n) is 3.62. The van der Waals surface area contributed by atoms with Crippen molar-refractivity contribution in [1.82, 2.24) is 9.80 Å². The van der Waals surface area contributed by atoms with E-state index in [2.05, 4.69) is 16.7 Å². The van der Waals surface area contributed by atoms with Crippen LogP contribution in [0.3, 0.4) is 0 Å². The van der Waals surface area contributed by atoms with Crippen molar-refractivity contribution < 1.29 is 9.90 Å². The van der Waals surface area contributed by atoms with Crippen LogP contribution in [0.5, 0.6) is 0 Å². The van der Waals surface area contributed by atoms with Gasteiger partial charge in [-0.3, -0.25) is 9.69 Å². The largest absolute Gasteiger partial charge is 0.480 e. The zero-order valence-electron chi connectivity index (χ0n) is 11.7. The SMILES string of the molecule is CCCCCCCN1CCCN(CC(=O)O)CC1. The molecule has 18 heavy (non-hydrogen) atoms. The molecule has 0 amide bonds. The smallest absolute Gasteiger partial charge is 0.317 e. The number of carboxylic acid groups (broad SMARTS) is 1. The van der Waals surface area contributed by atoms with E-state index in [0.29, 0.717) is 0 Å². The van der Waals surface area contributed by atoms with E-state index in [4.69, 9.17) is 5.11 Å². The Morgan fingerprint density at radius 2 is 1.67 bits per heavy atom. The third-order valence-corrected chi connectivity index (χ3v) is 3.62. The highest BCUT2D eigenvalue weighted by atomic mass is 16.4. The second kappa shape index (κ2) is 9.34. The number of hydrogen-bond acceptors (Lipinski definition) is 3. The van der Waals surface area contributed by atoms with Gasteiger partial charge in [0, 0.05) is 19.6 Å². The van der Waals surface area contributed by atoms with Crippen LogP contribution in [0.4, 0.5) is 0 Å². The molecule has 0 unspecified atom stereocenters. The number of carboxylic acids is 1. The highest BCUT2D eigenvalue weighted by molar-refractivity contribution is 5.69. The van der Waals surface area contributed by atoms with Gasteiger partial charge in [-0.25, -0.2) is 0 Å². The Balaban J connectivity index is 2.11. The first kappa shape index (κ1) is 15.4. The topological polar surface area (TPSA) is 43.8 Å². The maximum atomic E-state index is 10.7. The summed E-state index contributed by atoms with van der Waals surface area (Å²) in [5, 5.41) is 8.79. The summed E-state index contributed by atoms with van der Waals surface area (Å²) < 4.78 is 0. The Morgan fingerprint density at radius 1 is 1.00 bits per heavy atom. The summed E-state index contributed by atoms with van der Waals surface area (Å²) in [4.78, 5) is 15.2. The molecule has 0 bridgehead atoms. The van der Waals surface area contributed by atoms with Gasteiger partial charge in [0.15, 0.2) is 0 Å². The Morgan fingerprint density at radius 3 is 2.39 bits per heavy atom. The van der Waals surface area contributed by atoms with Gasteiger partial charge >= 0.3 is 5.97 Å². The lowest BCUT2D eigenvalue weighted by Crippen LogP contribution is -2.34. The van der Waals surface area contributed by atoms with Crippen molar-refractivity contribution in [2.75, 3.05) is 39.3 Å². The summed E-state index contributed by atoms with van der Waals surface area (Å²) >= 11 is 0. The lowest BCUT2D eigenvalue weighted by Gasteiger charge is -2.20. The maximum Gasteiger partial charge on any atom is 0.317 e. The summed E-state index contributed by atoms with van der Waals surface area (Å²) in [6.07, 6.45) is 7.74. The third kappa shape index (κ3) is 6.97. The highest BCUT2D eigenvalue weighted by Gasteiger charge is 2.15. The summed E-state index contributed by atoms with van der Waals surface area (Å²) in [5.74, 6) is -0.706. The van der Waals surface area contributed by atoms with Crippen LogP contribution in [0, 0.1) is 0 Å². The van der Waals surface area contributed by atoms with Crippen LogP contribution in [0.1, 0.15) is 45.4 Å². The van der Waals surface area contributed by atoms with E-state index in [1.54, 1.807) is 0 Å². The molecular weight excluding hydrogens is 228 g/mol. The lowest BCUT2D eigenvalue weighted by atomic mass is 10.1. The fraction of sp³-hybridized carbons (Fsp3) is 0.929. The van der Waals surface area contributed by atoms with Gasteiger partial charge in [0.2, 0.25) is 0 Å². The average Bonchev–Trinajstić information content (AvgIpc) is 2.54. The Hall–Kier alpha value is -0.610. The molecule has 4 nitrogen and oxygen atoms in total. The van der Waals surface area contributed by atoms with Gasteiger partial charge < -0.3 is 10.0 Å². The molecule has 0 spiro atoms. The number of aliphatic carboxylic acids is 1. The van der Waals surface area contributed by atoms with Crippen molar-refractivity contribution in [1.29, 1.82) is 0 Å². The molecule has 4 heteroatoms. The number of nitrogens with zero attached hydrogens (tertiary/aromatic N) is 2. The van der Waals surface area contributed by atoms with Crippen molar-refractivity contribution in [2.45, 2.75) is 45.4 Å². The normalized spacial score (nSPS) is 18.7. The molecule has 0 saturated carbocycles. The minimum atomic E-state index is -0.706. The Bertz CT molecular complexity index is 234. The quantitative estimate of drug-likeness (QED) is 0.675. The van der Waals surface area contributed by atoms with E-state index in [-0.39, 0.29) is 6.54 Å². The fourth-order valence-electron chi connectivity index (χ4n) is 2.54. The zero-order valence-corrected chi connectivity index (χ0v) is 11.7. The van der Waals surface area contributed by atoms with Crippen LogP contribution in [0.25, 0.3) is 0 Å². The lowest BCUT2D eigenvalue weighted by molar-refractivity contribution is -0.138. The van der Waals surface area contributed by atoms with E-state index in [1.807, 2.05) is 0 Å². The summed E-state index contributed by atoms with van der Waals surface area (Å²) in [6, 6.07) is 0. The van der Waals surface area contributed by atoms with E-state index in [9.17, 15) is 4.79 Å². The van der Waals surface area contributed by atoms with E-state index in [1.165, 1.54) is 38.6 Å². The van der Waals surface area contributed by atoms with Gasteiger partial charge in [0.25, 0.3) is 0 Å². The molecule has 1 saturated heterocycles. The van der Waals surface area contributed by atoms with Gasteiger partial charge in [-0.15, -0.1) is 0 Å². The van der Waals surface area contributed by atoms with Gasteiger partial charge in [-0.1, -0.05) is 32.6 Å². The van der Waals surface area contributed by atoms with E-state index in [0.717, 1.165) is 32.6 Å². The van der Waals surface area contributed by atoms with Crippen LogP contribution >= 0.6 is 0 Å². The minimum Gasteiger partial charge on any atom is -0.480 e. The van der Waals surface area contributed by atoms with Crippen LogP contribution < -0.4 is 0 Å². The first-order chi connectivity index (χ1) is 8.72. The fourth-order valence-corrected chi connectivity index (χ4v) is 2.54. The number of hydrogen-bond donors (Lipinski definition) is 1. The standard InChI is InChI=1S/C14H28N2O2/c1-2-3-4-5-6-8-15-9-7-10-16(12-11-15)13-14(17)18/h2-13H2,1H3,(H,17,18). The number of rotatable bonds is 8. The van der Waals surface area contributed by atoms with Gasteiger partial charge in [-0.2, -0.15) is 0 Å². The Labute approximate surface area is 111 Å². The first-order valence-corrected chi connectivity index (χ1v) is 7.39. The molecule has 0 aromatic heterocycles. The monoisotopic (exact) mass is 256 g/mol. The predicted molar refractivity (Wildman–Crippen MR) is 73.9 cm³/mol. The van der Waals surface area contributed by atoms with E-state index < -0.39 is 5.97 Å². The molecule has 1 rings (SSSR count). The second-order valence-corrected chi connectivity index (χ2v) is 5.28. The van der Waals surface area contributed by atoms with Crippen molar-refractivity contribution in [2.24, 2.45) is 0 Å². The molecule has 0 radical (unpaired) electrons. The van der Waals surface area contributed by atoms with Crippen molar-refractivity contribution >= 4 is 5.97 Å². The maximum absolute atomic E-state index is 10.7. The van der Waals surface area contributed by atoms with Gasteiger partial charge in [0.05, 0.1) is 6.54 Å². The van der Waals surface area contributed by atoms with E-state index >= 15 is 0 Å². The molecule has 0 aliphatic carbocycles. The molecule has 1 N–H and O–H groups in total. The predicted octanol–water partition coefficient (Wildman–Crippen LogP) is 2.05. The molecule has 1 heterocycles. The first-order valence-electron chi connectivity index (χ1n) is 7.39. The van der Waals surface area contributed by atoms with Crippen molar-refractivity contribution in [3.05, 3.63) is 0 Å². The average molecular weight is 256 g/mol. The van der Waals surface area contributed by atoms with Crippen LogP contribution in [-0.2, 0) is 4.79 Å². The summed E-state index contributed by atoms with van der Waals surface area (Å²) in [6.45, 7) is 7.62. The number of carbonyl (C=O) groups is 1. The molecule has 0 atom stereocenters. The van der Waals surface area contributed by atoms with Crippen LogP contribution in [-0.4, -0.2) is 60.1 Å². The van der Waals surface area contributed by atoms with Gasteiger partial charge in [-0.05, 0) is 25.9 Å². The summed E-state index contributed by atoms with van der Waals surface area (Å²) in [7, 11) is 0.